The van der Waals surface area contributed by atoms with Crippen LogP contribution in [0, 0.1) is 0 Å². The van der Waals surface area contributed by atoms with Crippen LogP contribution in [0.2, 0.25) is 0 Å². The van der Waals surface area contributed by atoms with Gasteiger partial charge in [0.25, 0.3) is 5.91 Å². The Balaban J connectivity index is 1.61. The third-order valence-electron chi connectivity index (χ3n) is 4.30. The van der Waals surface area contributed by atoms with E-state index in [0.717, 1.165) is 12.0 Å². The maximum Gasteiger partial charge on any atom is 0.251 e. The number of rotatable bonds is 4. The molecule has 1 unspecified atom stereocenters. The molecule has 0 saturated carbocycles. The predicted octanol–water partition coefficient (Wildman–Crippen LogP) is 0.344. The molecule has 1 aromatic carbocycles. The second-order valence-electron chi connectivity index (χ2n) is 6.03. The normalized spacial score (nSPS) is 20.9. The number of imide groups is 1. The lowest BCUT2D eigenvalue weighted by Gasteiger charge is -2.22. The molecule has 2 aliphatic rings. The number of amides is 4. The van der Waals surface area contributed by atoms with Crippen molar-refractivity contribution in [2.45, 2.75) is 38.3 Å². The molecule has 2 heterocycles. The molecule has 0 aromatic heterocycles. The molecular weight excluding hydrogens is 310 g/mol. The highest BCUT2D eigenvalue weighted by Crippen LogP contribution is 2.16. The van der Waals surface area contributed by atoms with Crippen molar-refractivity contribution < 1.29 is 19.2 Å². The first-order valence-corrected chi connectivity index (χ1v) is 8.05. The van der Waals surface area contributed by atoms with Crippen molar-refractivity contribution >= 4 is 23.6 Å². The molecule has 2 saturated heterocycles. The summed E-state index contributed by atoms with van der Waals surface area (Å²) in [5, 5.41) is 5.45. The molecule has 0 aliphatic carbocycles. The van der Waals surface area contributed by atoms with Gasteiger partial charge in [-0.15, -0.1) is 0 Å². The highest BCUT2D eigenvalue weighted by atomic mass is 16.2. The second kappa shape index (κ2) is 6.82. The molecule has 4 amide bonds. The summed E-state index contributed by atoms with van der Waals surface area (Å²) in [4.78, 5) is 48.4. The molecule has 24 heavy (non-hydrogen) atoms. The molecule has 0 bridgehead atoms. The number of benzene rings is 1. The molecule has 0 spiro atoms. The van der Waals surface area contributed by atoms with Crippen LogP contribution in [-0.2, 0) is 20.9 Å². The van der Waals surface area contributed by atoms with E-state index in [1.165, 1.54) is 4.90 Å². The largest absolute Gasteiger partial charge is 0.354 e. The number of hydrogen-bond donors (Lipinski definition) is 2. The van der Waals surface area contributed by atoms with E-state index in [-0.39, 0.29) is 43.0 Å². The minimum atomic E-state index is -0.495. The Morgan fingerprint density at radius 1 is 1.12 bits per heavy atom. The van der Waals surface area contributed by atoms with E-state index in [4.69, 9.17) is 0 Å². The Bertz CT molecular complexity index is 668. The van der Waals surface area contributed by atoms with Gasteiger partial charge in [0.15, 0.2) is 0 Å². The van der Waals surface area contributed by atoms with Gasteiger partial charge in [-0.3, -0.25) is 24.1 Å². The highest BCUT2D eigenvalue weighted by Gasteiger charge is 2.28. The number of nitrogens with zero attached hydrogens (tertiary/aromatic N) is 1. The van der Waals surface area contributed by atoms with Crippen molar-refractivity contribution in [3.63, 3.8) is 0 Å². The monoisotopic (exact) mass is 329 g/mol. The minimum Gasteiger partial charge on any atom is -0.354 e. The van der Waals surface area contributed by atoms with E-state index in [0.29, 0.717) is 18.5 Å². The first kappa shape index (κ1) is 16.2. The van der Waals surface area contributed by atoms with Gasteiger partial charge >= 0.3 is 0 Å². The fraction of sp³-hybridized carbons (Fsp3) is 0.412. The van der Waals surface area contributed by atoms with Crippen molar-refractivity contribution in [1.82, 2.24) is 15.5 Å². The molecule has 7 heteroatoms. The maximum atomic E-state index is 12.2. The van der Waals surface area contributed by atoms with Crippen LogP contribution in [-0.4, -0.2) is 41.1 Å². The predicted molar refractivity (Wildman–Crippen MR) is 84.7 cm³/mol. The van der Waals surface area contributed by atoms with Gasteiger partial charge in [0.1, 0.15) is 6.04 Å². The third-order valence-corrected chi connectivity index (χ3v) is 4.30. The smallest absolute Gasteiger partial charge is 0.251 e. The zero-order valence-corrected chi connectivity index (χ0v) is 13.2. The number of hydrogen-bond acceptors (Lipinski definition) is 4. The number of carbonyl (C=O) groups excluding carboxylic acids is 4. The molecule has 1 aromatic rings. The van der Waals surface area contributed by atoms with Crippen molar-refractivity contribution in [3.8, 4) is 0 Å². The molecule has 1 atom stereocenters. The van der Waals surface area contributed by atoms with Crippen molar-refractivity contribution in [2.75, 3.05) is 6.54 Å². The Morgan fingerprint density at radius 2 is 1.79 bits per heavy atom. The first-order valence-electron chi connectivity index (χ1n) is 8.05. The van der Waals surface area contributed by atoms with Crippen LogP contribution in [0.4, 0.5) is 0 Å². The summed E-state index contributed by atoms with van der Waals surface area (Å²) in [6.45, 7) is 0.873. The second-order valence-corrected chi connectivity index (χ2v) is 6.03. The number of piperidine rings is 1. The maximum absolute atomic E-state index is 12.2. The zero-order chi connectivity index (χ0) is 17.1. The molecule has 2 fully saturated rings. The third kappa shape index (κ3) is 3.45. The van der Waals surface area contributed by atoms with Gasteiger partial charge in [-0.2, -0.15) is 0 Å². The van der Waals surface area contributed by atoms with Crippen molar-refractivity contribution in [1.29, 1.82) is 0 Å². The van der Waals surface area contributed by atoms with Gasteiger partial charge in [-0.1, -0.05) is 12.1 Å². The molecule has 2 aliphatic heterocycles. The van der Waals surface area contributed by atoms with E-state index in [1.54, 1.807) is 24.3 Å². The van der Waals surface area contributed by atoms with Crippen LogP contribution < -0.4 is 10.6 Å². The van der Waals surface area contributed by atoms with Crippen LogP contribution in [0.15, 0.2) is 24.3 Å². The van der Waals surface area contributed by atoms with E-state index in [1.807, 2.05) is 0 Å². The van der Waals surface area contributed by atoms with Gasteiger partial charge in [0.2, 0.25) is 17.7 Å². The van der Waals surface area contributed by atoms with Gasteiger partial charge in [-0.25, -0.2) is 0 Å². The fourth-order valence-electron chi connectivity index (χ4n) is 2.89. The van der Waals surface area contributed by atoms with Crippen LogP contribution in [0.5, 0.6) is 0 Å². The Morgan fingerprint density at radius 3 is 2.42 bits per heavy atom. The summed E-state index contributed by atoms with van der Waals surface area (Å²) < 4.78 is 0. The lowest BCUT2D eigenvalue weighted by Crippen LogP contribution is -2.50. The van der Waals surface area contributed by atoms with Gasteiger partial charge in [0.05, 0.1) is 6.54 Å². The quantitative estimate of drug-likeness (QED) is 0.779. The zero-order valence-electron chi connectivity index (χ0n) is 13.2. The molecule has 3 rings (SSSR count). The summed E-state index contributed by atoms with van der Waals surface area (Å²) in [6.07, 6.45) is 2.01. The lowest BCUT2D eigenvalue weighted by molar-refractivity contribution is -0.139. The average molecular weight is 329 g/mol. The molecule has 2 N–H and O–H groups in total. The first-order chi connectivity index (χ1) is 11.5. The summed E-state index contributed by atoms with van der Waals surface area (Å²) in [7, 11) is 0. The fourth-order valence-corrected chi connectivity index (χ4v) is 2.89. The van der Waals surface area contributed by atoms with Gasteiger partial charge in [0, 0.05) is 24.9 Å². The lowest BCUT2D eigenvalue weighted by atomic mass is 10.1. The molecular formula is C17H19N3O4. The standard InChI is InChI=1S/C17H19N3O4/c21-14-7-8-15(22)20(14)10-11-3-5-12(6-4-11)16(23)19-13-2-1-9-18-17(13)24/h3-6,13H,1-2,7-10H2,(H,18,24)(H,19,23). The Kier molecular flexibility index (Phi) is 4.59. The average Bonchev–Trinajstić information content (AvgIpc) is 2.89. The number of likely N-dealkylation sites (tertiary alicyclic amines) is 1. The van der Waals surface area contributed by atoms with Gasteiger partial charge in [-0.05, 0) is 30.5 Å². The van der Waals surface area contributed by atoms with Gasteiger partial charge < -0.3 is 10.6 Å². The SMILES string of the molecule is O=C(NC1CCCNC1=O)c1ccc(CN2C(=O)CCC2=O)cc1. The summed E-state index contributed by atoms with van der Waals surface area (Å²) in [6, 6.07) is 6.21. The minimum absolute atomic E-state index is 0.155. The summed E-state index contributed by atoms with van der Waals surface area (Å²) >= 11 is 0. The molecule has 0 radical (unpaired) electrons. The van der Waals surface area contributed by atoms with Crippen molar-refractivity contribution in [3.05, 3.63) is 35.4 Å². The van der Waals surface area contributed by atoms with E-state index in [9.17, 15) is 19.2 Å². The molecule has 7 nitrogen and oxygen atoms in total. The molecule has 126 valence electrons. The number of carbonyl (C=O) groups is 4. The topological polar surface area (TPSA) is 95.6 Å². The Hall–Kier alpha value is -2.70. The van der Waals surface area contributed by atoms with E-state index >= 15 is 0 Å². The summed E-state index contributed by atoms with van der Waals surface area (Å²) in [5.41, 5.74) is 1.22. The van der Waals surface area contributed by atoms with Crippen molar-refractivity contribution in [2.24, 2.45) is 0 Å². The van der Waals surface area contributed by atoms with E-state index in [2.05, 4.69) is 10.6 Å². The van der Waals surface area contributed by atoms with Crippen LogP contribution in [0.3, 0.4) is 0 Å². The van der Waals surface area contributed by atoms with Crippen LogP contribution in [0.1, 0.15) is 41.6 Å². The number of nitrogens with one attached hydrogen (secondary N) is 2. The van der Waals surface area contributed by atoms with Crippen LogP contribution >= 0.6 is 0 Å². The Labute approximate surface area is 139 Å². The summed E-state index contributed by atoms with van der Waals surface area (Å²) in [5.74, 6) is -0.788. The van der Waals surface area contributed by atoms with E-state index < -0.39 is 6.04 Å². The van der Waals surface area contributed by atoms with Crippen LogP contribution in [0.25, 0.3) is 0 Å². The highest BCUT2D eigenvalue weighted by molar-refractivity contribution is 6.02.